The van der Waals surface area contributed by atoms with E-state index in [4.69, 9.17) is 4.74 Å². The molecule has 0 aliphatic heterocycles. The lowest BCUT2D eigenvalue weighted by molar-refractivity contribution is 0.0954. The molecule has 0 spiro atoms. The highest BCUT2D eigenvalue weighted by Crippen LogP contribution is 2.18. The lowest BCUT2D eigenvalue weighted by atomic mass is 10.2. The van der Waals surface area contributed by atoms with Crippen molar-refractivity contribution in [1.82, 2.24) is 19.3 Å². The van der Waals surface area contributed by atoms with Gasteiger partial charge in [0, 0.05) is 30.6 Å². The number of hydrogen-bond acceptors (Lipinski definition) is 6. The maximum absolute atomic E-state index is 13.2. The molecule has 0 unspecified atom stereocenters. The summed E-state index contributed by atoms with van der Waals surface area (Å²) in [6.07, 6.45) is 3.03. The molecule has 32 heavy (non-hydrogen) atoms. The molecule has 0 fully saturated rings. The summed E-state index contributed by atoms with van der Waals surface area (Å²) in [4.78, 5) is 43.2. The van der Waals surface area contributed by atoms with Gasteiger partial charge in [-0.1, -0.05) is 18.2 Å². The van der Waals surface area contributed by atoms with E-state index in [1.165, 1.54) is 42.0 Å². The van der Waals surface area contributed by atoms with Crippen LogP contribution in [0, 0.1) is 12.7 Å². The monoisotopic (exact) mass is 454 g/mol. The van der Waals surface area contributed by atoms with E-state index in [1.54, 1.807) is 25.3 Å². The van der Waals surface area contributed by atoms with E-state index in [-0.39, 0.29) is 19.0 Å². The highest BCUT2D eigenvalue weighted by Gasteiger charge is 2.17. The van der Waals surface area contributed by atoms with Crippen LogP contribution in [0.4, 0.5) is 4.39 Å². The highest BCUT2D eigenvalue weighted by molar-refractivity contribution is 7.19. The predicted molar refractivity (Wildman–Crippen MR) is 118 cm³/mol. The summed E-state index contributed by atoms with van der Waals surface area (Å²) >= 11 is 1.07. The lowest BCUT2D eigenvalue weighted by Gasteiger charge is -2.07. The van der Waals surface area contributed by atoms with Gasteiger partial charge in [0.25, 0.3) is 11.5 Å². The maximum Gasteiger partial charge on any atom is 0.336 e. The third-order valence-electron chi connectivity index (χ3n) is 4.93. The Bertz CT molecular complexity index is 1410. The van der Waals surface area contributed by atoms with Crippen LogP contribution in [-0.4, -0.2) is 27.0 Å². The summed E-state index contributed by atoms with van der Waals surface area (Å²) in [7, 11) is 1.52. The first-order chi connectivity index (χ1) is 15.4. The number of hydrogen-bond donors (Lipinski definition) is 1. The Hall–Kier alpha value is -3.79. The second kappa shape index (κ2) is 8.75. The molecule has 10 heteroatoms. The molecule has 3 heterocycles. The van der Waals surface area contributed by atoms with Crippen LogP contribution in [0.3, 0.4) is 0 Å². The van der Waals surface area contributed by atoms with Gasteiger partial charge in [-0.05, 0) is 30.2 Å². The minimum atomic E-state index is -0.561. The Morgan fingerprint density at radius 2 is 1.88 bits per heavy atom. The van der Waals surface area contributed by atoms with E-state index in [0.717, 1.165) is 21.5 Å². The van der Waals surface area contributed by atoms with Gasteiger partial charge in [-0.25, -0.2) is 14.2 Å². The summed E-state index contributed by atoms with van der Waals surface area (Å²) in [6.45, 7) is 1.86. The van der Waals surface area contributed by atoms with E-state index < -0.39 is 17.1 Å². The summed E-state index contributed by atoms with van der Waals surface area (Å²) in [5.74, 6) is -0.295. The third-order valence-corrected chi connectivity index (χ3v) is 6.14. The van der Waals surface area contributed by atoms with E-state index in [0.29, 0.717) is 26.7 Å². The molecule has 1 aromatic carbocycles. The van der Waals surface area contributed by atoms with Crippen molar-refractivity contribution in [1.29, 1.82) is 0 Å². The number of carbonyl (C=O) groups is 1. The molecule has 4 aromatic rings. The van der Waals surface area contributed by atoms with Gasteiger partial charge in [0.05, 0.1) is 13.7 Å². The first-order valence-electron chi connectivity index (χ1n) is 9.64. The number of carbonyl (C=O) groups excluding carboxylic acids is 1. The fourth-order valence-electron chi connectivity index (χ4n) is 3.19. The number of halogens is 1. The summed E-state index contributed by atoms with van der Waals surface area (Å²) in [6, 6.07) is 9.06. The second-order valence-corrected chi connectivity index (χ2v) is 8.12. The van der Waals surface area contributed by atoms with Crippen LogP contribution in [0.25, 0.3) is 4.83 Å². The molecule has 4 rings (SSSR count). The van der Waals surface area contributed by atoms with Crippen molar-refractivity contribution < 1.29 is 13.9 Å². The summed E-state index contributed by atoms with van der Waals surface area (Å²) < 4.78 is 20.5. The molecule has 8 nitrogen and oxygen atoms in total. The number of ether oxygens (including phenoxy) is 1. The van der Waals surface area contributed by atoms with E-state index in [9.17, 15) is 18.8 Å². The zero-order valence-electron chi connectivity index (χ0n) is 17.3. The molecule has 0 atom stereocenters. The lowest BCUT2D eigenvalue weighted by Crippen LogP contribution is -2.38. The number of thiazole rings is 1. The van der Waals surface area contributed by atoms with Gasteiger partial charge in [-0.2, -0.15) is 0 Å². The number of nitrogens with zero attached hydrogens (tertiary/aromatic N) is 3. The number of amides is 1. The largest absolute Gasteiger partial charge is 0.481 e. The number of methoxy groups -OCH3 is 1. The molecule has 1 amide bonds. The van der Waals surface area contributed by atoms with E-state index in [1.807, 2.05) is 0 Å². The average Bonchev–Trinajstić information content (AvgIpc) is 3.26. The van der Waals surface area contributed by atoms with Crippen molar-refractivity contribution in [3.63, 3.8) is 0 Å². The van der Waals surface area contributed by atoms with Crippen molar-refractivity contribution in [3.8, 4) is 5.88 Å². The normalized spacial score (nSPS) is 11.0. The Balaban J connectivity index is 1.61. The molecule has 0 aliphatic carbocycles. The van der Waals surface area contributed by atoms with Crippen LogP contribution >= 0.6 is 11.3 Å². The quantitative estimate of drug-likeness (QED) is 0.483. The van der Waals surface area contributed by atoms with Crippen LogP contribution in [0.15, 0.2) is 58.4 Å². The third kappa shape index (κ3) is 4.17. The molecule has 0 aliphatic rings. The number of benzene rings is 1. The SMILES string of the molecule is COc1ccc(CNC(=O)c2cn3c(=O)n(Cc4ccc(F)cc4)c(=O)c(C)c3s2)cn1. The van der Waals surface area contributed by atoms with Crippen molar-refractivity contribution in [2.24, 2.45) is 0 Å². The summed E-state index contributed by atoms with van der Waals surface area (Å²) in [5.41, 5.74) is 0.751. The number of nitrogens with one attached hydrogen (secondary N) is 1. The van der Waals surface area contributed by atoms with Crippen LogP contribution < -0.4 is 21.3 Å². The molecule has 1 N–H and O–H groups in total. The molecule has 0 saturated heterocycles. The van der Waals surface area contributed by atoms with Crippen molar-refractivity contribution in [2.45, 2.75) is 20.0 Å². The average molecular weight is 454 g/mol. The molecule has 0 bridgehead atoms. The van der Waals surface area contributed by atoms with Crippen LogP contribution in [0.5, 0.6) is 5.88 Å². The van der Waals surface area contributed by atoms with Gasteiger partial charge in [0.2, 0.25) is 5.88 Å². The van der Waals surface area contributed by atoms with Gasteiger partial charge in [-0.3, -0.25) is 18.6 Å². The van der Waals surface area contributed by atoms with E-state index >= 15 is 0 Å². The Morgan fingerprint density at radius 1 is 1.16 bits per heavy atom. The maximum atomic E-state index is 13.2. The van der Waals surface area contributed by atoms with Gasteiger partial charge < -0.3 is 10.1 Å². The second-order valence-electron chi connectivity index (χ2n) is 7.09. The van der Waals surface area contributed by atoms with Gasteiger partial charge in [0.1, 0.15) is 15.5 Å². The Kier molecular flexibility index (Phi) is 5.87. The molecular formula is C22H19FN4O4S. The van der Waals surface area contributed by atoms with Crippen molar-refractivity contribution >= 4 is 22.1 Å². The van der Waals surface area contributed by atoms with Gasteiger partial charge in [-0.15, -0.1) is 11.3 Å². The smallest absolute Gasteiger partial charge is 0.336 e. The molecule has 0 saturated carbocycles. The topological polar surface area (TPSA) is 94.7 Å². The fourth-order valence-corrected chi connectivity index (χ4v) is 4.19. The van der Waals surface area contributed by atoms with Crippen molar-refractivity contribution in [2.75, 3.05) is 7.11 Å². The summed E-state index contributed by atoms with van der Waals surface area (Å²) in [5, 5.41) is 2.78. The molecule has 0 radical (unpaired) electrons. The number of pyridine rings is 1. The van der Waals surface area contributed by atoms with Crippen molar-refractivity contribution in [3.05, 3.63) is 97.0 Å². The molecule has 3 aromatic heterocycles. The number of aryl methyl sites for hydroxylation is 1. The Labute approximate surface area is 185 Å². The Morgan fingerprint density at radius 3 is 2.53 bits per heavy atom. The standard InChI is InChI=1S/C22H19FN4O4S/c1-13-20(29)26(11-14-3-6-16(23)7-4-14)22(30)27-12-17(32-21(13)27)19(28)25-10-15-5-8-18(31-2)24-9-15/h3-9,12H,10-11H2,1-2H3,(H,25,28). The van der Waals surface area contributed by atoms with Gasteiger partial charge in [0.15, 0.2) is 0 Å². The van der Waals surface area contributed by atoms with Crippen LogP contribution in [-0.2, 0) is 13.1 Å². The number of fused-ring (bicyclic) bond motifs is 1. The van der Waals surface area contributed by atoms with E-state index in [2.05, 4.69) is 10.3 Å². The minimum Gasteiger partial charge on any atom is -0.481 e. The first-order valence-corrected chi connectivity index (χ1v) is 10.5. The fraction of sp³-hybridized carbons (Fsp3) is 0.182. The molecular weight excluding hydrogens is 435 g/mol. The zero-order chi connectivity index (χ0) is 22.8. The highest BCUT2D eigenvalue weighted by atomic mass is 32.1. The first kappa shape index (κ1) is 21.4. The van der Waals surface area contributed by atoms with Crippen LogP contribution in [0.2, 0.25) is 0 Å². The zero-order valence-corrected chi connectivity index (χ0v) is 18.1. The predicted octanol–water partition coefficient (Wildman–Crippen LogP) is 2.35. The van der Waals surface area contributed by atoms with Crippen LogP contribution in [0.1, 0.15) is 26.4 Å². The number of aromatic nitrogens is 3. The molecule has 164 valence electrons. The van der Waals surface area contributed by atoms with Gasteiger partial charge >= 0.3 is 5.69 Å². The number of rotatable bonds is 6. The minimum absolute atomic E-state index is 0.00354.